The zero-order valence-electron chi connectivity index (χ0n) is 11.1. The Balaban J connectivity index is 1.78. The quantitative estimate of drug-likeness (QED) is 0.716. The van der Waals surface area contributed by atoms with Gasteiger partial charge in [-0.25, -0.2) is 13.1 Å². The molecule has 0 fully saturated rings. The molecule has 1 aromatic carbocycles. The van der Waals surface area contributed by atoms with Crippen molar-refractivity contribution >= 4 is 10.0 Å². The second-order valence-electron chi connectivity index (χ2n) is 4.57. The molecular formula is C13H20N2O3S. The summed E-state index contributed by atoms with van der Waals surface area (Å²) in [6.07, 6.45) is 0.651. The van der Waals surface area contributed by atoms with Crippen LogP contribution in [0.5, 0.6) is 5.75 Å². The van der Waals surface area contributed by atoms with Gasteiger partial charge >= 0.3 is 0 Å². The van der Waals surface area contributed by atoms with Crippen LogP contribution < -0.4 is 14.8 Å². The van der Waals surface area contributed by atoms with Crippen molar-refractivity contribution in [1.82, 2.24) is 10.0 Å². The van der Waals surface area contributed by atoms with Gasteiger partial charge in [-0.1, -0.05) is 25.1 Å². The van der Waals surface area contributed by atoms with Crippen LogP contribution in [0, 0.1) is 0 Å². The van der Waals surface area contributed by atoms with E-state index in [1.54, 1.807) is 0 Å². The van der Waals surface area contributed by atoms with Gasteiger partial charge in [0.05, 0.1) is 5.75 Å². The van der Waals surface area contributed by atoms with Gasteiger partial charge in [0.2, 0.25) is 10.0 Å². The van der Waals surface area contributed by atoms with Crippen LogP contribution in [0.15, 0.2) is 24.3 Å². The normalized spacial score (nSPS) is 18.1. The van der Waals surface area contributed by atoms with Gasteiger partial charge in [-0.3, -0.25) is 0 Å². The number of hydrogen-bond donors (Lipinski definition) is 2. The van der Waals surface area contributed by atoms with Crippen LogP contribution in [-0.2, 0) is 16.4 Å². The first-order valence-electron chi connectivity index (χ1n) is 6.53. The monoisotopic (exact) mass is 284 g/mol. The van der Waals surface area contributed by atoms with Gasteiger partial charge in [-0.05, 0) is 18.2 Å². The largest absolute Gasteiger partial charge is 0.488 e. The molecule has 1 aliphatic rings. The summed E-state index contributed by atoms with van der Waals surface area (Å²) < 4.78 is 31.7. The topological polar surface area (TPSA) is 67.4 Å². The van der Waals surface area contributed by atoms with E-state index in [2.05, 4.69) is 10.0 Å². The number of sulfonamides is 1. The molecule has 0 amide bonds. The summed E-state index contributed by atoms with van der Waals surface area (Å²) in [4.78, 5) is 0. The van der Waals surface area contributed by atoms with Gasteiger partial charge in [0, 0.05) is 19.5 Å². The highest BCUT2D eigenvalue weighted by molar-refractivity contribution is 7.89. The van der Waals surface area contributed by atoms with Crippen molar-refractivity contribution < 1.29 is 13.2 Å². The molecule has 0 bridgehead atoms. The smallest absolute Gasteiger partial charge is 0.212 e. The molecule has 0 aliphatic carbocycles. The predicted octanol–water partition coefficient (Wildman–Crippen LogP) is 0.519. The van der Waals surface area contributed by atoms with E-state index >= 15 is 0 Å². The zero-order chi connectivity index (χ0) is 13.7. The van der Waals surface area contributed by atoms with E-state index in [1.165, 1.54) is 0 Å². The summed E-state index contributed by atoms with van der Waals surface area (Å²) >= 11 is 0. The minimum absolute atomic E-state index is 0.0977. The van der Waals surface area contributed by atoms with E-state index in [0.29, 0.717) is 13.1 Å². The Bertz CT molecular complexity index is 491. The third-order valence-corrected chi connectivity index (χ3v) is 4.39. The Morgan fingerprint density at radius 3 is 2.89 bits per heavy atom. The fourth-order valence-corrected chi connectivity index (χ4v) is 3.04. The Kier molecular flexibility index (Phi) is 4.79. The van der Waals surface area contributed by atoms with Gasteiger partial charge in [0.1, 0.15) is 11.9 Å². The van der Waals surface area contributed by atoms with Crippen molar-refractivity contribution in [2.45, 2.75) is 19.4 Å². The maximum Gasteiger partial charge on any atom is 0.212 e. The predicted molar refractivity (Wildman–Crippen MR) is 74.9 cm³/mol. The second-order valence-corrected chi connectivity index (χ2v) is 6.50. The first-order valence-corrected chi connectivity index (χ1v) is 8.18. The van der Waals surface area contributed by atoms with Crippen LogP contribution in [0.2, 0.25) is 0 Å². The van der Waals surface area contributed by atoms with E-state index in [4.69, 9.17) is 4.74 Å². The summed E-state index contributed by atoms with van der Waals surface area (Å²) in [5.41, 5.74) is 1.14. The molecule has 2 N–H and O–H groups in total. The molecule has 1 heterocycles. The Morgan fingerprint density at radius 2 is 2.16 bits per heavy atom. The summed E-state index contributed by atoms with van der Waals surface area (Å²) in [6, 6.07) is 7.80. The van der Waals surface area contributed by atoms with Gasteiger partial charge in [0.15, 0.2) is 0 Å². The van der Waals surface area contributed by atoms with Crippen molar-refractivity contribution in [2.75, 3.05) is 25.4 Å². The zero-order valence-corrected chi connectivity index (χ0v) is 11.9. The lowest BCUT2D eigenvalue weighted by Gasteiger charge is -2.12. The first-order chi connectivity index (χ1) is 9.11. The van der Waals surface area contributed by atoms with Crippen LogP contribution in [0.3, 0.4) is 0 Å². The van der Waals surface area contributed by atoms with Crippen LogP contribution in [0.1, 0.15) is 12.5 Å². The number of hydrogen-bond acceptors (Lipinski definition) is 4. The molecule has 1 aromatic rings. The highest BCUT2D eigenvalue weighted by atomic mass is 32.2. The summed E-state index contributed by atoms with van der Waals surface area (Å²) in [5, 5.41) is 3.00. The average Bonchev–Trinajstić information content (AvgIpc) is 2.79. The van der Waals surface area contributed by atoms with Crippen molar-refractivity contribution in [2.24, 2.45) is 0 Å². The Hall–Kier alpha value is -1.11. The number of nitrogens with one attached hydrogen (secondary N) is 2. The molecule has 1 aliphatic heterocycles. The highest BCUT2D eigenvalue weighted by Crippen LogP contribution is 2.27. The number of benzene rings is 1. The van der Waals surface area contributed by atoms with Crippen molar-refractivity contribution in [3.63, 3.8) is 0 Å². The molecule has 0 spiro atoms. The maximum atomic E-state index is 11.7. The molecule has 0 saturated heterocycles. The van der Waals surface area contributed by atoms with E-state index < -0.39 is 10.0 Å². The first kappa shape index (κ1) is 14.3. The van der Waals surface area contributed by atoms with E-state index in [0.717, 1.165) is 24.3 Å². The van der Waals surface area contributed by atoms with Crippen molar-refractivity contribution in [3.8, 4) is 5.75 Å². The Labute approximate surface area is 114 Å². The molecule has 1 atom stereocenters. The Morgan fingerprint density at radius 1 is 1.37 bits per heavy atom. The standard InChI is InChI=1S/C13H20N2O3S/c1-2-14-7-8-19(16,17)15-10-12-9-11-5-3-4-6-13(11)18-12/h3-6,12,14-15H,2,7-10H2,1H3. The third kappa shape index (κ3) is 4.19. The molecule has 0 saturated carbocycles. The average molecular weight is 284 g/mol. The maximum absolute atomic E-state index is 11.7. The highest BCUT2D eigenvalue weighted by Gasteiger charge is 2.23. The fraction of sp³-hybridized carbons (Fsp3) is 0.538. The number of rotatable bonds is 7. The summed E-state index contributed by atoms with van der Waals surface area (Å²) in [6.45, 7) is 3.51. The van der Waals surface area contributed by atoms with Gasteiger partial charge in [-0.15, -0.1) is 0 Å². The van der Waals surface area contributed by atoms with Crippen LogP contribution in [0.25, 0.3) is 0 Å². The lowest BCUT2D eigenvalue weighted by Crippen LogP contribution is -2.38. The van der Waals surface area contributed by atoms with E-state index in [9.17, 15) is 8.42 Å². The fourth-order valence-electron chi connectivity index (χ4n) is 2.04. The molecule has 6 heteroatoms. The SMILES string of the molecule is CCNCCS(=O)(=O)NCC1Cc2ccccc2O1. The van der Waals surface area contributed by atoms with Gasteiger partial charge in [-0.2, -0.15) is 0 Å². The van der Waals surface area contributed by atoms with Crippen LogP contribution in [0.4, 0.5) is 0 Å². The van der Waals surface area contributed by atoms with Gasteiger partial charge in [0.25, 0.3) is 0 Å². The summed E-state index contributed by atoms with van der Waals surface area (Å²) in [7, 11) is -3.22. The molecule has 1 unspecified atom stereocenters. The molecule has 2 rings (SSSR count). The molecule has 19 heavy (non-hydrogen) atoms. The van der Waals surface area contributed by atoms with Crippen molar-refractivity contribution in [1.29, 1.82) is 0 Å². The number of para-hydroxylation sites is 1. The number of ether oxygens (including phenoxy) is 1. The minimum Gasteiger partial charge on any atom is -0.488 e. The minimum atomic E-state index is -3.22. The molecule has 0 aromatic heterocycles. The van der Waals surface area contributed by atoms with Crippen molar-refractivity contribution in [3.05, 3.63) is 29.8 Å². The number of fused-ring (bicyclic) bond motifs is 1. The second kappa shape index (κ2) is 6.36. The van der Waals surface area contributed by atoms with E-state index in [1.807, 2.05) is 31.2 Å². The summed E-state index contributed by atoms with van der Waals surface area (Å²) in [5.74, 6) is 0.958. The third-order valence-electron chi connectivity index (χ3n) is 3.04. The molecule has 106 valence electrons. The van der Waals surface area contributed by atoms with Crippen LogP contribution in [-0.4, -0.2) is 39.9 Å². The lowest BCUT2D eigenvalue weighted by atomic mass is 10.1. The molecule has 5 nitrogen and oxygen atoms in total. The molecule has 0 radical (unpaired) electrons. The lowest BCUT2D eigenvalue weighted by molar-refractivity contribution is 0.236. The molecular weight excluding hydrogens is 264 g/mol. The van der Waals surface area contributed by atoms with E-state index in [-0.39, 0.29) is 11.9 Å². The van der Waals surface area contributed by atoms with Gasteiger partial charge < -0.3 is 10.1 Å². The van der Waals surface area contributed by atoms with Crippen LogP contribution >= 0.6 is 0 Å².